The van der Waals surface area contributed by atoms with Gasteiger partial charge in [0.25, 0.3) is 5.91 Å². The molecule has 0 atom stereocenters. The molecule has 5 rings (SSSR count). The second-order valence-corrected chi connectivity index (χ2v) is 9.09. The number of aromatic nitrogens is 2. The zero-order valence-corrected chi connectivity index (χ0v) is 19.8. The Morgan fingerprint density at radius 3 is 2.62 bits per heavy atom. The highest BCUT2D eigenvalue weighted by Crippen LogP contribution is 2.49. The summed E-state index contributed by atoms with van der Waals surface area (Å²) in [5, 5.41) is 4.46. The Hall–Kier alpha value is -3.55. The van der Waals surface area contributed by atoms with Gasteiger partial charge in [0.1, 0.15) is 17.2 Å². The van der Waals surface area contributed by atoms with Crippen molar-refractivity contribution in [1.82, 2.24) is 14.7 Å². The topological polar surface area (TPSA) is 65.8 Å². The number of halogens is 1. The molecule has 3 aromatic rings. The number of ether oxygens (including phenoxy) is 3. The third-order valence-electron chi connectivity index (χ3n) is 6.57. The summed E-state index contributed by atoms with van der Waals surface area (Å²) in [6, 6.07) is 9.86. The van der Waals surface area contributed by atoms with E-state index in [9.17, 15) is 9.18 Å². The van der Waals surface area contributed by atoms with Crippen LogP contribution < -0.4 is 14.2 Å². The van der Waals surface area contributed by atoms with Crippen molar-refractivity contribution in [3.8, 4) is 28.5 Å². The number of carbonyl (C=O) groups excluding carboxylic acids is 1. The molecule has 2 aliphatic rings. The molecular weight excluding hydrogens is 437 g/mol. The summed E-state index contributed by atoms with van der Waals surface area (Å²) in [5.74, 6) is 1.24. The lowest BCUT2D eigenvalue weighted by atomic mass is 9.81. The van der Waals surface area contributed by atoms with Gasteiger partial charge in [-0.05, 0) is 44.2 Å². The van der Waals surface area contributed by atoms with E-state index in [1.54, 1.807) is 36.1 Å². The first-order valence-electron chi connectivity index (χ1n) is 11.5. The number of likely N-dealkylation sites (tertiary alicyclic amines) is 1. The average molecular weight is 466 g/mol. The van der Waals surface area contributed by atoms with Crippen LogP contribution in [0.15, 0.2) is 42.6 Å². The summed E-state index contributed by atoms with van der Waals surface area (Å²) in [7, 11) is 3.44. The minimum atomic E-state index is -0.645. The summed E-state index contributed by atoms with van der Waals surface area (Å²) in [6.07, 6.45) is 3.00. The van der Waals surface area contributed by atoms with Crippen LogP contribution >= 0.6 is 0 Å². The molecule has 178 valence electrons. The van der Waals surface area contributed by atoms with E-state index in [0.717, 1.165) is 16.8 Å². The van der Waals surface area contributed by atoms with Crippen LogP contribution in [-0.4, -0.2) is 46.9 Å². The number of fused-ring (bicyclic) bond motifs is 4. The van der Waals surface area contributed by atoms with E-state index in [2.05, 4.69) is 5.10 Å². The van der Waals surface area contributed by atoms with Gasteiger partial charge in [-0.1, -0.05) is 0 Å². The number of piperidine rings is 1. The first kappa shape index (κ1) is 22.3. The maximum atomic E-state index is 14.0. The third kappa shape index (κ3) is 3.67. The highest BCUT2D eigenvalue weighted by Gasteiger charge is 2.46. The van der Waals surface area contributed by atoms with Crippen molar-refractivity contribution in [2.24, 2.45) is 7.05 Å². The van der Waals surface area contributed by atoms with Crippen molar-refractivity contribution in [2.75, 3.05) is 20.2 Å². The first-order chi connectivity index (χ1) is 16.3. The normalized spacial score (nSPS) is 16.1. The molecule has 0 radical (unpaired) electrons. The average Bonchev–Trinajstić information content (AvgIpc) is 3.21. The Bertz CT molecular complexity index is 1240. The molecule has 2 aromatic carbocycles. The Morgan fingerprint density at radius 2 is 1.91 bits per heavy atom. The molecule has 34 heavy (non-hydrogen) atoms. The SMILES string of the molecule is COc1cc(C(=O)N2CCC3(CC2)Oc2cc(F)ccc2-c2c3cnn2C)ccc1OC(C)C. The Morgan fingerprint density at radius 1 is 1.15 bits per heavy atom. The molecule has 0 saturated carbocycles. The summed E-state index contributed by atoms with van der Waals surface area (Å²) in [5.41, 5.74) is 2.65. The highest BCUT2D eigenvalue weighted by molar-refractivity contribution is 5.95. The van der Waals surface area contributed by atoms with Crippen molar-refractivity contribution in [1.29, 1.82) is 0 Å². The number of methoxy groups -OCH3 is 1. The van der Waals surface area contributed by atoms with Gasteiger partial charge in [0.2, 0.25) is 0 Å². The van der Waals surface area contributed by atoms with E-state index < -0.39 is 5.60 Å². The summed E-state index contributed by atoms with van der Waals surface area (Å²) in [6.45, 7) is 4.89. The van der Waals surface area contributed by atoms with Crippen molar-refractivity contribution in [2.45, 2.75) is 38.4 Å². The summed E-state index contributed by atoms with van der Waals surface area (Å²) < 4.78 is 33.4. The molecule has 0 aliphatic carbocycles. The standard InChI is InChI=1S/C26H28FN3O4/c1-16(2)33-21-8-5-17(13-23(21)32-4)25(31)30-11-9-26(10-12-30)20-15-28-29(3)24(20)19-7-6-18(27)14-22(19)34-26/h5-8,13-16H,9-12H2,1-4H3. The van der Waals surface area contributed by atoms with E-state index in [4.69, 9.17) is 14.2 Å². The molecule has 1 aromatic heterocycles. The predicted molar refractivity (Wildman–Crippen MR) is 125 cm³/mol. The van der Waals surface area contributed by atoms with Crippen molar-refractivity contribution >= 4 is 5.91 Å². The third-order valence-corrected chi connectivity index (χ3v) is 6.57. The maximum absolute atomic E-state index is 14.0. The van der Waals surface area contributed by atoms with Gasteiger partial charge < -0.3 is 19.1 Å². The zero-order valence-electron chi connectivity index (χ0n) is 19.8. The second kappa shape index (κ2) is 8.34. The van der Waals surface area contributed by atoms with Crippen molar-refractivity contribution in [3.63, 3.8) is 0 Å². The van der Waals surface area contributed by atoms with Crippen LogP contribution in [0.5, 0.6) is 17.2 Å². The molecule has 7 nitrogen and oxygen atoms in total. The fraction of sp³-hybridized carbons (Fsp3) is 0.385. The van der Waals surface area contributed by atoms with Crippen LogP contribution in [0.2, 0.25) is 0 Å². The Kier molecular flexibility index (Phi) is 5.46. The molecule has 2 aliphatic heterocycles. The fourth-order valence-electron chi connectivity index (χ4n) is 4.91. The molecule has 0 N–H and O–H groups in total. The van der Waals surface area contributed by atoms with Gasteiger partial charge in [-0.3, -0.25) is 9.48 Å². The van der Waals surface area contributed by atoms with Gasteiger partial charge in [-0.2, -0.15) is 5.10 Å². The van der Waals surface area contributed by atoms with E-state index >= 15 is 0 Å². The van der Waals surface area contributed by atoms with E-state index in [1.165, 1.54) is 12.1 Å². The zero-order chi connectivity index (χ0) is 24.0. The minimum absolute atomic E-state index is 0.000187. The number of hydrogen-bond donors (Lipinski definition) is 0. The first-order valence-corrected chi connectivity index (χ1v) is 11.5. The van der Waals surface area contributed by atoms with Gasteiger partial charge in [0, 0.05) is 55.7 Å². The largest absolute Gasteiger partial charge is 0.493 e. The number of nitrogens with zero attached hydrogens (tertiary/aromatic N) is 3. The fourth-order valence-corrected chi connectivity index (χ4v) is 4.91. The minimum Gasteiger partial charge on any atom is -0.493 e. The van der Waals surface area contributed by atoms with E-state index in [1.807, 2.05) is 32.0 Å². The quantitative estimate of drug-likeness (QED) is 0.566. The van der Waals surface area contributed by atoms with Crippen LogP contribution in [0, 0.1) is 5.82 Å². The number of hydrogen-bond acceptors (Lipinski definition) is 5. The molecular formula is C26H28FN3O4. The smallest absolute Gasteiger partial charge is 0.253 e. The number of rotatable bonds is 4. The van der Waals surface area contributed by atoms with Gasteiger partial charge in [-0.15, -0.1) is 0 Å². The summed E-state index contributed by atoms with van der Waals surface area (Å²) >= 11 is 0. The van der Waals surface area contributed by atoms with Crippen LogP contribution in [0.25, 0.3) is 11.3 Å². The van der Waals surface area contributed by atoms with Crippen molar-refractivity contribution in [3.05, 3.63) is 59.5 Å². The molecule has 8 heteroatoms. The lowest BCUT2D eigenvalue weighted by molar-refractivity contribution is -0.00191. The van der Waals surface area contributed by atoms with E-state index in [-0.39, 0.29) is 17.8 Å². The molecule has 1 saturated heterocycles. The van der Waals surface area contributed by atoms with Gasteiger partial charge >= 0.3 is 0 Å². The molecule has 0 unspecified atom stereocenters. The highest BCUT2D eigenvalue weighted by atomic mass is 19.1. The van der Waals surface area contributed by atoms with Crippen molar-refractivity contribution < 1.29 is 23.4 Å². The van der Waals surface area contributed by atoms with Gasteiger partial charge in [0.15, 0.2) is 11.5 Å². The lowest BCUT2D eigenvalue weighted by Gasteiger charge is -2.44. The molecule has 0 bridgehead atoms. The number of aryl methyl sites for hydroxylation is 1. The monoisotopic (exact) mass is 465 g/mol. The van der Waals surface area contributed by atoms with Gasteiger partial charge in [-0.25, -0.2) is 4.39 Å². The predicted octanol–water partition coefficient (Wildman–Crippen LogP) is 4.55. The van der Waals surface area contributed by atoms with Crippen LogP contribution in [-0.2, 0) is 12.6 Å². The van der Waals surface area contributed by atoms with Crippen LogP contribution in [0.1, 0.15) is 42.6 Å². The summed E-state index contributed by atoms with van der Waals surface area (Å²) in [4.78, 5) is 15.1. The van der Waals surface area contributed by atoms with E-state index in [0.29, 0.717) is 48.7 Å². The molecule has 1 amide bonds. The van der Waals surface area contributed by atoms with Crippen LogP contribution in [0.4, 0.5) is 4.39 Å². The lowest BCUT2D eigenvalue weighted by Crippen LogP contribution is -2.49. The molecule has 1 fully saturated rings. The Balaban J connectivity index is 1.38. The maximum Gasteiger partial charge on any atom is 0.253 e. The van der Waals surface area contributed by atoms with Gasteiger partial charge in [0.05, 0.1) is 25.1 Å². The molecule has 1 spiro atoms. The molecule has 3 heterocycles. The number of benzene rings is 2. The Labute approximate surface area is 198 Å². The second-order valence-electron chi connectivity index (χ2n) is 9.09. The number of carbonyl (C=O) groups is 1. The van der Waals surface area contributed by atoms with Crippen LogP contribution in [0.3, 0.4) is 0 Å². The number of amides is 1.